The largest absolute Gasteiger partial charge is 0.445 e. The molecule has 3 saturated carbocycles. The highest BCUT2D eigenvalue weighted by Gasteiger charge is 2.66. The van der Waals surface area contributed by atoms with Crippen LogP contribution in [0.4, 0.5) is 4.79 Å². The molecular formula is C24H28Cl2N4O6S. The van der Waals surface area contributed by atoms with Gasteiger partial charge in [0.2, 0.25) is 15.9 Å². The van der Waals surface area contributed by atoms with E-state index in [1.807, 2.05) is 12.1 Å². The first-order valence-corrected chi connectivity index (χ1v) is 14.9. The topological polar surface area (TPSA) is 125 Å². The van der Waals surface area contributed by atoms with Crippen molar-refractivity contribution in [2.24, 2.45) is 11.8 Å². The van der Waals surface area contributed by atoms with Crippen molar-refractivity contribution in [3.63, 3.8) is 0 Å². The SMILES string of the molecule is O=C(N[C@]1(C(=O)NS(=O)(=O)C2CC2)C[C@H]1C1CC1)[C@@H]1C[C@@H](OC(=O)N2Cc3cccc(Cl)c3C2)CN1Cl. The van der Waals surface area contributed by atoms with Crippen LogP contribution in [0.25, 0.3) is 0 Å². The molecule has 2 N–H and O–H groups in total. The molecule has 1 saturated heterocycles. The predicted molar refractivity (Wildman–Crippen MR) is 134 cm³/mol. The van der Waals surface area contributed by atoms with Gasteiger partial charge in [0.25, 0.3) is 5.91 Å². The minimum Gasteiger partial charge on any atom is -0.445 e. The number of hydrogen-bond acceptors (Lipinski definition) is 7. The van der Waals surface area contributed by atoms with Crippen LogP contribution < -0.4 is 10.0 Å². The number of hydrogen-bond donors (Lipinski definition) is 2. The zero-order chi connectivity index (χ0) is 26.1. The van der Waals surface area contributed by atoms with Crippen LogP contribution in [-0.4, -0.2) is 65.1 Å². The molecule has 0 radical (unpaired) electrons. The van der Waals surface area contributed by atoms with Crippen LogP contribution in [0.5, 0.6) is 0 Å². The van der Waals surface area contributed by atoms with E-state index in [4.69, 9.17) is 28.1 Å². The fourth-order valence-corrected chi connectivity index (χ4v) is 7.55. The molecule has 1 aromatic carbocycles. The minimum atomic E-state index is -3.73. The van der Waals surface area contributed by atoms with Crippen LogP contribution in [0.1, 0.15) is 49.7 Å². The van der Waals surface area contributed by atoms with Crippen LogP contribution in [-0.2, 0) is 37.4 Å². The van der Waals surface area contributed by atoms with Crippen molar-refractivity contribution in [2.45, 2.75) is 74.5 Å². The molecule has 0 aromatic heterocycles. The van der Waals surface area contributed by atoms with Crippen LogP contribution in [0.3, 0.4) is 0 Å². The molecule has 4 fully saturated rings. The van der Waals surface area contributed by atoms with Gasteiger partial charge in [0.05, 0.1) is 18.3 Å². The summed E-state index contributed by atoms with van der Waals surface area (Å²) in [4.78, 5) is 40.7. The molecular weight excluding hydrogens is 543 g/mol. The molecule has 5 aliphatic rings. The Labute approximate surface area is 225 Å². The molecule has 3 aliphatic carbocycles. The van der Waals surface area contributed by atoms with E-state index in [-0.39, 0.29) is 18.9 Å². The van der Waals surface area contributed by atoms with E-state index in [0.29, 0.717) is 43.3 Å². The number of benzene rings is 1. The van der Waals surface area contributed by atoms with Crippen molar-refractivity contribution in [1.29, 1.82) is 0 Å². The molecule has 2 heterocycles. The average molecular weight is 571 g/mol. The predicted octanol–water partition coefficient (Wildman–Crippen LogP) is 2.28. The number of sulfonamides is 1. The third-order valence-corrected chi connectivity index (χ3v) is 10.7. The summed E-state index contributed by atoms with van der Waals surface area (Å²) < 4.78 is 33.9. The zero-order valence-corrected chi connectivity index (χ0v) is 22.3. The Balaban J connectivity index is 1.07. The smallest absolute Gasteiger partial charge is 0.410 e. The maximum atomic E-state index is 13.3. The highest BCUT2D eigenvalue weighted by molar-refractivity contribution is 7.91. The van der Waals surface area contributed by atoms with E-state index in [2.05, 4.69) is 10.0 Å². The highest BCUT2D eigenvalue weighted by Crippen LogP contribution is 2.57. The Bertz CT molecular complexity index is 1270. The highest BCUT2D eigenvalue weighted by atomic mass is 35.5. The number of nitrogens with zero attached hydrogens (tertiary/aromatic N) is 2. The molecule has 2 aliphatic heterocycles. The first kappa shape index (κ1) is 25.2. The number of amides is 3. The third-order valence-electron chi connectivity index (χ3n) is 8.11. The van der Waals surface area contributed by atoms with E-state index >= 15 is 0 Å². The minimum absolute atomic E-state index is 0.0896. The molecule has 200 valence electrons. The summed E-state index contributed by atoms with van der Waals surface area (Å²) in [6.07, 6.45) is 2.43. The zero-order valence-electron chi connectivity index (χ0n) is 20.0. The van der Waals surface area contributed by atoms with E-state index in [9.17, 15) is 22.8 Å². The van der Waals surface area contributed by atoms with Gasteiger partial charge in [-0.25, -0.2) is 17.6 Å². The van der Waals surface area contributed by atoms with Gasteiger partial charge in [-0.15, -0.1) is 0 Å². The van der Waals surface area contributed by atoms with Gasteiger partial charge >= 0.3 is 6.09 Å². The van der Waals surface area contributed by atoms with Gasteiger partial charge in [-0.05, 0) is 72.9 Å². The van der Waals surface area contributed by atoms with Gasteiger partial charge < -0.3 is 10.1 Å². The van der Waals surface area contributed by atoms with E-state index in [1.165, 1.54) is 4.42 Å². The quantitative estimate of drug-likeness (QED) is 0.481. The summed E-state index contributed by atoms with van der Waals surface area (Å²) in [7, 11) is -3.73. The van der Waals surface area contributed by atoms with Gasteiger partial charge in [-0.1, -0.05) is 23.7 Å². The number of carbonyl (C=O) groups excluding carboxylic acids is 3. The van der Waals surface area contributed by atoms with Crippen LogP contribution in [0.2, 0.25) is 5.02 Å². The number of halogens is 2. The normalized spacial score (nSPS) is 31.1. The monoisotopic (exact) mass is 570 g/mol. The first-order valence-electron chi connectivity index (χ1n) is 12.6. The van der Waals surface area contributed by atoms with Crippen molar-refractivity contribution in [1.82, 2.24) is 19.4 Å². The van der Waals surface area contributed by atoms with Crippen molar-refractivity contribution in [3.05, 3.63) is 34.3 Å². The Morgan fingerprint density at radius 1 is 1.11 bits per heavy atom. The second kappa shape index (κ2) is 9.00. The fraction of sp³-hybridized carbons (Fsp3) is 0.625. The lowest BCUT2D eigenvalue weighted by Crippen LogP contribution is -2.55. The summed E-state index contributed by atoms with van der Waals surface area (Å²) in [5, 5.41) is 2.90. The second-order valence-corrected chi connectivity index (χ2v) is 13.7. The van der Waals surface area contributed by atoms with Gasteiger partial charge in [-0.2, -0.15) is 0 Å². The molecule has 13 heteroatoms. The molecule has 1 aromatic rings. The lowest BCUT2D eigenvalue weighted by molar-refractivity contribution is -0.131. The molecule has 37 heavy (non-hydrogen) atoms. The Morgan fingerprint density at radius 3 is 2.54 bits per heavy atom. The van der Waals surface area contributed by atoms with Crippen molar-refractivity contribution in [3.8, 4) is 0 Å². The number of nitrogens with one attached hydrogen (secondary N) is 2. The molecule has 0 bridgehead atoms. The lowest BCUT2D eigenvalue weighted by Gasteiger charge is -2.23. The van der Waals surface area contributed by atoms with E-state index < -0.39 is 50.9 Å². The molecule has 0 spiro atoms. The van der Waals surface area contributed by atoms with Crippen LogP contribution in [0.15, 0.2) is 18.2 Å². The van der Waals surface area contributed by atoms with Gasteiger partial charge in [-0.3, -0.25) is 19.2 Å². The Hall–Kier alpha value is -2.08. The summed E-state index contributed by atoms with van der Waals surface area (Å²) >= 11 is 12.6. The average Bonchev–Trinajstić information content (AvgIpc) is 3.72. The molecule has 10 nitrogen and oxygen atoms in total. The summed E-state index contributed by atoms with van der Waals surface area (Å²) in [6, 6.07) is 4.71. The maximum absolute atomic E-state index is 13.3. The summed E-state index contributed by atoms with van der Waals surface area (Å²) in [5.41, 5.74) is 0.618. The number of fused-ring (bicyclic) bond motifs is 1. The van der Waals surface area contributed by atoms with Crippen LogP contribution >= 0.6 is 23.4 Å². The van der Waals surface area contributed by atoms with Gasteiger partial charge in [0.1, 0.15) is 17.7 Å². The Kier molecular flexibility index (Phi) is 6.13. The molecule has 4 atom stereocenters. The standard InChI is InChI=1S/C24H28Cl2N4O6S/c25-19-3-1-2-14-10-29(12-17(14)19)23(33)36-15-8-20(30(26)11-15)21(31)27-24(9-18(24)13-4-5-13)22(32)28-37(34,35)16-6-7-16/h1-3,13,15-16,18,20H,4-12H2,(H,27,31)(H,28,32)/t15-,18+,20+,24-/m1/s1. The van der Waals surface area contributed by atoms with Gasteiger partial charge in [0.15, 0.2) is 0 Å². The summed E-state index contributed by atoms with van der Waals surface area (Å²) in [5.74, 6) is -0.930. The van der Waals surface area contributed by atoms with Crippen molar-refractivity contribution in [2.75, 3.05) is 6.54 Å². The number of carbonyl (C=O) groups is 3. The molecule has 3 amide bonds. The Morgan fingerprint density at radius 2 is 1.86 bits per heavy atom. The van der Waals surface area contributed by atoms with E-state index in [0.717, 1.165) is 24.0 Å². The molecule has 0 unspecified atom stereocenters. The third kappa shape index (κ3) is 4.79. The first-order chi connectivity index (χ1) is 17.6. The van der Waals surface area contributed by atoms with Crippen molar-refractivity contribution < 1.29 is 27.5 Å². The summed E-state index contributed by atoms with van der Waals surface area (Å²) in [6.45, 7) is 0.882. The van der Waals surface area contributed by atoms with Crippen molar-refractivity contribution >= 4 is 51.3 Å². The number of rotatable bonds is 7. The van der Waals surface area contributed by atoms with Crippen LogP contribution in [0, 0.1) is 11.8 Å². The second-order valence-electron chi connectivity index (χ2n) is 10.9. The number of ether oxygens (including phenoxy) is 1. The fourth-order valence-electron chi connectivity index (χ4n) is 5.61. The lowest BCUT2D eigenvalue weighted by atomic mass is 10.1. The van der Waals surface area contributed by atoms with Gasteiger partial charge in [0, 0.05) is 18.0 Å². The van der Waals surface area contributed by atoms with E-state index in [1.54, 1.807) is 11.0 Å². The molecule has 6 rings (SSSR count). The maximum Gasteiger partial charge on any atom is 0.410 e.